The maximum absolute atomic E-state index is 9.13. The third-order valence-corrected chi connectivity index (χ3v) is 0.333. The van der Waals surface area contributed by atoms with Gasteiger partial charge in [0.2, 0.25) is 0 Å². The number of carboxylic acid groups (broad SMARTS) is 2. The predicted molar refractivity (Wildman–Crippen MR) is 33.9 cm³/mol. The molecule has 0 bridgehead atoms. The number of aliphatic carboxylic acids is 2. The molecule has 0 aromatic heterocycles. The predicted octanol–water partition coefficient (Wildman–Crippen LogP) is -4.99. The van der Waals surface area contributed by atoms with Crippen molar-refractivity contribution in [3.8, 4) is 0 Å². The van der Waals surface area contributed by atoms with Gasteiger partial charge in [-0.15, -0.1) is 0 Å². The second-order valence-corrected chi connectivity index (χ2v) is 1.15. The van der Waals surface area contributed by atoms with E-state index in [2.05, 4.69) is 11.5 Å². The average Bonchev–Trinajstić information content (AvgIpc) is 1.89. The summed E-state index contributed by atoms with van der Waals surface area (Å²) in [6.07, 6.45) is 0. The van der Waals surface area contributed by atoms with Gasteiger partial charge in [0.1, 0.15) is 0 Å². The molecule has 0 saturated carbocycles. The number of carboxylic acids is 2. The summed E-state index contributed by atoms with van der Waals surface area (Å²) in [5.41, 5.74) is 9.02. The van der Waals surface area contributed by atoms with Crippen molar-refractivity contribution in [3.63, 3.8) is 0 Å². The second kappa shape index (κ2) is 12.8. The fraction of sp³-hybridized carbons (Fsp3) is 0.500. The summed E-state index contributed by atoms with van der Waals surface area (Å²) in [5, 5.41) is 18.3. The molecule has 0 fully saturated rings. The Labute approximate surface area is 93.5 Å². The zero-order valence-corrected chi connectivity index (χ0v) is 8.12. The van der Waals surface area contributed by atoms with Crippen LogP contribution in [-0.4, -0.2) is 62.8 Å². The Morgan fingerprint density at radius 1 is 1.00 bits per heavy atom. The molecule has 60 valence electrons. The summed E-state index contributed by atoms with van der Waals surface area (Å²) >= 11 is 0. The molecule has 4 N–H and O–H groups in total. The molecule has 0 rings (SSSR count). The van der Waals surface area contributed by atoms with E-state index in [0.29, 0.717) is 0 Å². The number of rotatable bonds is 2. The largest absolute Gasteiger partial charge is 2.00 e. The summed E-state index contributed by atoms with van der Waals surface area (Å²) in [6.45, 7) is -0.778. The fourth-order valence-corrected chi connectivity index (χ4v) is 0. The summed E-state index contributed by atoms with van der Waals surface area (Å²) in [4.78, 5) is 18.3. The standard InChI is InChI=1S/2C2H5NO2.Ca/c2*3-1-2(4)5;/h2*1,3H2,(H,4,5);/q;;+2/p-2. The molecule has 0 aromatic rings. The third-order valence-electron chi connectivity index (χ3n) is 0.333. The molecule has 7 heteroatoms. The van der Waals surface area contributed by atoms with Crippen molar-refractivity contribution in [2.24, 2.45) is 11.5 Å². The summed E-state index contributed by atoms with van der Waals surface area (Å²) in [6, 6.07) is 0. The van der Waals surface area contributed by atoms with E-state index < -0.39 is 11.9 Å². The molecule has 6 nitrogen and oxygen atoms in total. The van der Waals surface area contributed by atoms with E-state index in [9.17, 15) is 0 Å². The minimum absolute atomic E-state index is 0. The van der Waals surface area contributed by atoms with Crippen molar-refractivity contribution in [2.75, 3.05) is 13.1 Å². The van der Waals surface area contributed by atoms with Crippen molar-refractivity contribution in [1.82, 2.24) is 0 Å². The SMILES string of the molecule is NCC(=O)[O-].NCC(=O)[O-].[Ca+2]. The Bertz CT molecular complexity index is 105. The maximum Gasteiger partial charge on any atom is 2.00 e. The van der Waals surface area contributed by atoms with Crippen LogP contribution >= 0.6 is 0 Å². The minimum atomic E-state index is -1.22. The normalized spacial score (nSPS) is 6.73. The van der Waals surface area contributed by atoms with Crippen LogP contribution in [0.25, 0.3) is 0 Å². The molecule has 0 saturated heterocycles. The number of hydrogen-bond acceptors (Lipinski definition) is 6. The first kappa shape index (κ1) is 17.3. The summed E-state index contributed by atoms with van der Waals surface area (Å²) < 4.78 is 0. The van der Waals surface area contributed by atoms with Crippen LogP contribution in [-0.2, 0) is 9.59 Å². The molecule has 0 heterocycles. The Morgan fingerprint density at radius 3 is 1.09 bits per heavy atom. The van der Waals surface area contributed by atoms with Crippen LogP contribution in [0.2, 0.25) is 0 Å². The third kappa shape index (κ3) is 39.3. The van der Waals surface area contributed by atoms with Gasteiger partial charge in [-0.05, 0) is 0 Å². The molecular formula is C4H8CaN2O4. The summed E-state index contributed by atoms with van der Waals surface area (Å²) in [5.74, 6) is -2.44. The molecule has 0 aliphatic carbocycles. The first-order chi connectivity index (χ1) is 4.54. The second-order valence-electron chi connectivity index (χ2n) is 1.15. The van der Waals surface area contributed by atoms with Gasteiger partial charge in [0.15, 0.2) is 0 Å². The van der Waals surface area contributed by atoms with E-state index in [1.54, 1.807) is 0 Å². The molecule has 0 amide bonds. The van der Waals surface area contributed by atoms with E-state index >= 15 is 0 Å². The monoisotopic (exact) mass is 188 g/mol. The van der Waals surface area contributed by atoms with E-state index in [4.69, 9.17) is 19.8 Å². The van der Waals surface area contributed by atoms with E-state index in [0.717, 1.165) is 0 Å². The zero-order chi connectivity index (χ0) is 8.57. The summed E-state index contributed by atoms with van der Waals surface area (Å²) in [7, 11) is 0. The van der Waals surface area contributed by atoms with Gasteiger partial charge in [0.05, 0.1) is 11.9 Å². The van der Waals surface area contributed by atoms with Crippen LogP contribution in [0.5, 0.6) is 0 Å². The van der Waals surface area contributed by atoms with Crippen molar-refractivity contribution in [2.45, 2.75) is 0 Å². The molecule has 0 aromatic carbocycles. The zero-order valence-electron chi connectivity index (χ0n) is 5.91. The molecule has 0 spiro atoms. The van der Waals surface area contributed by atoms with Crippen LogP contribution in [0.3, 0.4) is 0 Å². The number of carbonyl (C=O) groups is 2. The Kier molecular flexibility index (Phi) is 20.0. The van der Waals surface area contributed by atoms with E-state index in [-0.39, 0.29) is 50.8 Å². The van der Waals surface area contributed by atoms with Crippen molar-refractivity contribution >= 4 is 49.7 Å². The van der Waals surface area contributed by atoms with Gasteiger partial charge in [-0.25, -0.2) is 0 Å². The molecular weight excluding hydrogens is 180 g/mol. The number of nitrogens with two attached hydrogens (primary N) is 2. The van der Waals surface area contributed by atoms with Gasteiger partial charge in [0.25, 0.3) is 0 Å². The fourth-order valence-electron chi connectivity index (χ4n) is 0. The molecule has 0 atom stereocenters. The maximum atomic E-state index is 9.13. The van der Waals surface area contributed by atoms with Crippen molar-refractivity contribution in [1.29, 1.82) is 0 Å². The van der Waals surface area contributed by atoms with Crippen LogP contribution in [0.4, 0.5) is 0 Å². The van der Waals surface area contributed by atoms with Gasteiger partial charge in [0, 0.05) is 13.1 Å². The number of carbonyl (C=O) groups excluding carboxylic acids is 2. The minimum Gasteiger partial charge on any atom is -0.549 e. The van der Waals surface area contributed by atoms with Gasteiger partial charge in [-0.2, -0.15) is 0 Å². The van der Waals surface area contributed by atoms with Crippen LogP contribution in [0.15, 0.2) is 0 Å². The number of hydrogen-bond donors (Lipinski definition) is 2. The molecule has 0 aliphatic heterocycles. The molecule has 0 radical (unpaired) electrons. The van der Waals surface area contributed by atoms with Crippen molar-refractivity contribution in [3.05, 3.63) is 0 Å². The quantitative estimate of drug-likeness (QED) is 0.417. The molecule has 0 aliphatic rings. The first-order valence-electron chi connectivity index (χ1n) is 2.34. The Hall–Kier alpha value is 0.120. The Morgan fingerprint density at radius 2 is 1.09 bits per heavy atom. The molecule has 0 unspecified atom stereocenters. The topological polar surface area (TPSA) is 132 Å². The van der Waals surface area contributed by atoms with Crippen molar-refractivity contribution < 1.29 is 19.8 Å². The van der Waals surface area contributed by atoms with Gasteiger partial charge < -0.3 is 31.3 Å². The molecule has 11 heavy (non-hydrogen) atoms. The van der Waals surface area contributed by atoms with Crippen LogP contribution < -0.4 is 21.7 Å². The Balaban J connectivity index is -0.000000107. The first-order valence-corrected chi connectivity index (χ1v) is 2.34. The van der Waals surface area contributed by atoms with Crippen LogP contribution in [0.1, 0.15) is 0 Å². The van der Waals surface area contributed by atoms with Gasteiger partial charge in [-0.1, -0.05) is 0 Å². The average molecular weight is 188 g/mol. The van der Waals surface area contributed by atoms with E-state index in [1.165, 1.54) is 0 Å². The van der Waals surface area contributed by atoms with Crippen LogP contribution in [0, 0.1) is 0 Å². The smallest absolute Gasteiger partial charge is 0.549 e. The van der Waals surface area contributed by atoms with Gasteiger partial charge in [-0.3, -0.25) is 0 Å². The van der Waals surface area contributed by atoms with Gasteiger partial charge >= 0.3 is 37.7 Å². The van der Waals surface area contributed by atoms with E-state index in [1.807, 2.05) is 0 Å².